The molecule has 0 heterocycles. The zero-order chi connectivity index (χ0) is 23.4. The fourth-order valence-electron chi connectivity index (χ4n) is 2.51. The van der Waals surface area contributed by atoms with Gasteiger partial charge in [-0.3, -0.25) is 19.2 Å². The number of nitrogens with two attached hydrogens (primary N) is 1. The minimum Gasteiger partial charge on any atom is -0.508 e. The fraction of sp³-hybridized carbons (Fsp3) is 0.474. The van der Waals surface area contributed by atoms with Crippen LogP contribution in [0, 0.1) is 0 Å². The summed E-state index contributed by atoms with van der Waals surface area (Å²) >= 11 is 5.51. The van der Waals surface area contributed by atoms with Gasteiger partial charge in [-0.2, -0.15) is 24.4 Å². The fourth-order valence-corrected chi connectivity index (χ4v) is 3.24. The molecule has 0 aliphatic carbocycles. The number of aliphatic carboxylic acids is 1. The molecule has 0 aromatic heterocycles. The third-order valence-corrected chi connectivity index (χ3v) is 5.21. The summed E-state index contributed by atoms with van der Waals surface area (Å²) in [6, 6.07) is 3.35. The van der Waals surface area contributed by atoms with Crippen molar-refractivity contribution in [2.24, 2.45) is 5.73 Å². The number of phenols is 1. The number of hydrogen-bond acceptors (Lipinski definition) is 8. The van der Waals surface area contributed by atoms with Gasteiger partial charge < -0.3 is 31.9 Å². The summed E-state index contributed by atoms with van der Waals surface area (Å²) in [4.78, 5) is 47.8. The molecule has 7 N–H and O–H groups in total. The monoisotopic (exact) mass is 472 g/mol. The SMILES string of the molecule is CSCCC(NC(=O)C(N)Cc1ccc(O)cc1)C(=O)NC(CS)C(=O)NCC(=O)O. The summed E-state index contributed by atoms with van der Waals surface area (Å²) in [6.45, 7) is -0.586. The molecule has 12 heteroatoms. The molecule has 0 bridgehead atoms. The van der Waals surface area contributed by atoms with E-state index < -0.39 is 48.4 Å². The second-order valence-corrected chi connectivity index (χ2v) is 8.03. The van der Waals surface area contributed by atoms with Crippen LogP contribution in [0.1, 0.15) is 12.0 Å². The summed E-state index contributed by atoms with van der Waals surface area (Å²) in [5.74, 6) is -2.42. The molecule has 10 nitrogen and oxygen atoms in total. The summed E-state index contributed by atoms with van der Waals surface area (Å²) < 4.78 is 0. The second kappa shape index (κ2) is 13.8. The molecule has 0 aliphatic heterocycles. The molecule has 3 atom stereocenters. The summed E-state index contributed by atoms with van der Waals surface area (Å²) in [5.41, 5.74) is 6.71. The van der Waals surface area contributed by atoms with Crippen LogP contribution in [0.4, 0.5) is 0 Å². The van der Waals surface area contributed by atoms with Gasteiger partial charge in [0.1, 0.15) is 24.4 Å². The molecule has 1 rings (SSSR count). The Morgan fingerprint density at radius 1 is 1.06 bits per heavy atom. The third-order valence-electron chi connectivity index (χ3n) is 4.20. The lowest BCUT2D eigenvalue weighted by molar-refractivity contribution is -0.138. The number of carbonyl (C=O) groups excluding carboxylic acids is 3. The Labute approximate surface area is 190 Å². The largest absolute Gasteiger partial charge is 0.508 e. The highest BCUT2D eigenvalue weighted by Gasteiger charge is 2.27. The quantitative estimate of drug-likeness (QED) is 0.181. The highest BCUT2D eigenvalue weighted by Crippen LogP contribution is 2.11. The Morgan fingerprint density at radius 3 is 2.23 bits per heavy atom. The van der Waals surface area contributed by atoms with Crippen molar-refractivity contribution in [1.29, 1.82) is 0 Å². The first-order valence-corrected chi connectivity index (χ1v) is 11.4. The first-order valence-electron chi connectivity index (χ1n) is 9.41. The molecule has 0 saturated heterocycles. The van der Waals surface area contributed by atoms with Crippen LogP contribution >= 0.6 is 24.4 Å². The number of amides is 3. The van der Waals surface area contributed by atoms with E-state index in [1.165, 1.54) is 23.9 Å². The van der Waals surface area contributed by atoms with Crippen molar-refractivity contribution in [1.82, 2.24) is 16.0 Å². The number of nitrogens with one attached hydrogen (secondary N) is 3. The van der Waals surface area contributed by atoms with Gasteiger partial charge in [-0.05, 0) is 42.5 Å². The molecule has 3 amide bonds. The number of aromatic hydroxyl groups is 1. The van der Waals surface area contributed by atoms with Crippen molar-refractivity contribution in [2.45, 2.75) is 31.0 Å². The predicted molar refractivity (Wildman–Crippen MR) is 121 cm³/mol. The highest BCUT2D eigenvalue weighted by molar-refractivity contribution is 7.98. The number of rotatable bonds is 13. The smallest absolute Gasteiger partial charge is 0.322 e. The van der Waals surface area contributed by atoms with Crippen molar-refractivity contribution in [3.05, 3.63) is 29.8 Å². The lowest BCUT2D eigenvalue weighted by atomic mass is 10.0. The number of benzene rings is 1. The Hall–Kier alpha value is -2.44. The summed E-state index contributed by atoms with van der Waals surface area (Å²) in [7, 11) is 0. The lowest BCUT2D eigenvalue weighted by Crippen LogP contribution is -2.56. The molecule has 0 saturated carbocycles. The molecule has 0 aliphatic rings. The van der Waals surface area contributed by atoms with E-state index in [1.807, 2.05) is 6.26 Å². The number of phenolic OH excluding ortho intramolecular Hbond substituents is 1. The van der Waals surface area contributed by atoms with Crippen molar-refractivity contribution in [2.75, 3.05) is 24.3 Å². The van der Waals surface area contributed by atoms with Crippen LogP contribution in [0.5, 0.6) is 5.75 Å². The van der Waals surface area contributed by atoms with E-state index in [2.05, 4.69) is 28.6 Å². The van der Waals surface area contributed by atoms with Crippen LogP contribution in [0.2, 0.25) is 0 Å². The van der Waals surface area contributed by atoms with Crippen LogP contribution in [-0.4, -0.2) is 76.3 Å². The number of thioether (sulfide) groups is 1. The Morgan fingerprint density at radius 2 is 1.68 bits per heavy atom. The number of hydrogen-bond donors (Lipinski definition) is 7. The van der Waals surface area contributed by atoms with Crippen molar-refractivity contribution >= 4 is 48.1 Å². The maximum atomic E-state index is 12.7. The standard InChI is InChI=1S/C19H28N4O6S2/c1-31-7-6-14(19(29)23-15(10-30)18(28)21-9-16(25)26)22-17(27)13(20)8-11-2-4-12(24)5-3-11/h2-5,13-15,24,30H,6-10,20H2,1H3,(H,21,28)(H,22,27)(H,23,29)(H,25,26). The molecule has 31 heavy (non-hydrogen) atoms. The van der Waals surface area contributed by atoms with Gasteiger partial charge in [0, 0.05) is 5.75 Å². The highest BCUT2D eigenvalue weighted by atomic mass is 32.2. The molecule has 0 spiro atoms. The average molecular weight is 473 g/mol. The van der Waals surface area contributed by atoms with E-state index in [9.17, 15) is 24.3 Å². The maximum Gasteiger partial charge on any atom is 0.322 e. The van der Waals surface area contributed by atoms with Gasteiger partial charge in [0.25, 0.3) is 0 Å². The van der Waals surface area contributed by atoms with Crippen LogP contribution < -0.4 is 21.7 Å². The first-order chi connectivity index (χ1) is 14.7. The van der Waals surface area contributed by atoms with Crippen LogP contribution in [0.25, 0.3) is 0 Å². The van der Waals surface area contributed by atoms with Gasteiger partial charge in [0.15, 0.2) is 0 Å². The Bertz CT molecular complexity index is 762. The minimum atomic E-state index is -1.22. The lowest BCUT2D eigenvalue weighted by Gasteiger charge is -2.23. The van der Waals surface area contributed by atoms with E-state index >= 15 is 0 Å². The van der Waals surface area contributed by atoms with Gasteiger partial charge in [0.05, 0.1) is 6.04 Å². The van der Waals surface area contributed by atoms with Gasteiger partial charge in [-0.15, -0.1) is 0 Å². The maximum absolute atomic E-state index is 12.7. The zero-order valence-electron chi connectivity index (χ0n) is 17.0. The van der Waals surface area contributed by atoms with Crippen LogP contribution in [0.15, 0.2) is 24.3 Å². The molecule has 1 aromatic rings. The first kappa shape index (κ1) is 26.6. The number of carboxylic acid groups (broad SMARTS) is 1. The van der Waals surface area contributed by atoms with E-state index in [0.717, 1.165) is 5.56 Å². The minimum absolute atomic E-state index is 0.0548. The van der Waals surface area contributed by atoms with E-state index in [1.54, 1.807) is 12.1 Å². The molecule has 1 aromatic carbocycles. The topological polar surface area (TPSA) is 171 Å². The van der Waals surface area contributed by atoms with Crippen molar-refractivity contribution in [3.8, 4) is 5.75 Å². The molecule has 3 unspecified atom stereocenters. The van der Waals surface area contributed by atoms with Crippen LogP contribution in [-0.2, 0) is 25.6 Å². The molecular formula is C19H28N4O6S2. The van der Waals surface area contributed by atoms with E-state index in [-0.39, 0.29) is 17.9 Å². The van der Waals surface area contributed by atoms with Gasteiger partial charge >= 0.3 is 5.97 Å². The molecule has 172 valence electrons. The second-order valence-electron chi connectivity index (χ2n) is 6.68. The number of thiol groups is 1. The van der Waals surface area contributed by atoms with E-state index in [4.69, 9.17) is 10.8 Å². The molecule has 0 fully saturated rings. The average Bonchev–Trinajstić information content (AvgIpc) is 2.74. The Balaban J connectivity index is 2.75. The van der Waals surface area contributed by atoms with Gasteiger partial charge in [0.2, 0.25) is 17.7 Å². The Kier molecular flexibility index (Phi) is 11.8. The summed E-state index contributed by atoms with van der Waals surface area (Å²) in [6.07, 6.45) is 2.36. The number of carboxylic acids is 1. The molecule has 0 radical (unpaired) electrons. The number of carbonyl (C=O) groups is 4. The van der Waals surface area contributed by atoms with Crippen molar-refractivity contribution in [3.63, 3.8) is 0 Å². The zero-order valence-corrected chi connectivity index (χ0v) is 18.7. The van der Waals surface area contributed by atoms with Crippen molar-refractivity contribution < 1.29 is 29.4 Å². The summed E-state index contributed by atoms with van der Waals surface area (Å²) in [5, 5.41) is 25.3. The predicted octanol–water partition coefficient (Wildman–Crippen LogP) is -0.885. The molecular weight excluding hydrogens is 444 g/mol. The van der Waals surface area contributed by atoms with Gasteiger partial charge in [-0.25, -0.2) is 0 Å². The van der Waals surface area contributed by atoms with E-state index in [0.29, 0.717) is 12.2 Å². The van der Waals surface area contributed by atoms with Gasteiger partial charge in [-0.1, -0.05) is 12.1 Å². The normalized spacial score (nSPS) is 13.5. The third kappa shape index (κ3) is 9.94. The van der Waals surface area contributed by atoms with Crippen LogP contribution in [0.3, 0.4) is 0 Å².